The summed E-state index contributed by atoms with van der Waals surface area (Å²) in [5, 5.41) is 10.4. The van der Waals surface area contributed by atoms with Crippen LogP contribution in [-0.2, 0) is 6.54 Å². The van der Waals surface area contributed by atoms with E-state index in [0.717, 1.165) is 11.3 Å². The van der Waals surface area contributed by atoms with Crippen molar-refractivity contribution in [1.29, 1.82) is 0 Å². The van der Waals surface area contributed by atoms with Crippen molar-refractivity contribution in [2.75, 3.05) is 0 Å². The Morgan fingerprint density at radius 1 is 1.17 bits per heavy atom. The van der Waals surface area contributed by atoms with Gasteiger partial charge in [-0.2, -0.15) is 4.98 Å². The fraction of sp³-hybridized carbons (Fsp3) is 0.250. The molecular weight excluding hydrogens is 296 g/mol. The van der Waals surface area contributed by atoms with Crippen molar-refractivity contribution >= 4 is 5.91 Å². The number of nitrogens with zero attached hydrogens (tertiary/aromatic N) is 3. The van der Waals surface area contributed by atoms with Crippen LogP contribution in [0.4, 0.5) is 0 Å². The van der Waals surface area contributed by atoms with Gasteiger partial charge >= 0.3 is 0 Å². The minimum atomic E-state index is -0.365. The molecule has 0 aliphatic carbocycles. The summed E-state index contributed by atoms with van der Waals surface area (Å²) in [5.74, 6) is 0.805. The van der Waals surface area contributed by atoms with Gasteiger partial charge in [0.15, 0.2) is 5.82 Å². The van der Waals surface area contributed by atoms with Crippen LogP contribution in [0, 0.1) is 0 Å². The Morgan fingerprint density at radius 3 is 2.65 bits per heavy atom. The second-order valence-corrected chi connectivity index (χ2v) is 5.34. The fourth-order valence-electron chi connectivity index (χ4n) is 1.94. The van der Waals surface area contributed by atoms with Crippen molar-refractivity contribution in [2.24, 2.45) is 0 Å². The Kier molecular flexibility index (Phi) is 4.18. The van der Waals surface area contributed by atoms with Gasteiger partial charge in [0.05, 0.1) is 12.2 Å². The molecule has 0 radical (unpaired) electrons. The molecule has 0 aliphatic heterocycles. The Morgan fingerprint density at radius 2 is 1.96 bits per heavy atom. The lowest BCUT2D eigenvalue weighted by atomic mass is 10.1. The third-order valence-electron chi connectivity index (χ3n) is 3.24. The van der Waals surface area contributed by atoms with Crippen molar-refractivity contribution in [3.8, 4) is 11.5 Å². The summed E-state index contributed by atoms with van der Waals surface area (Å²) >= 11 is 0. The molecular formula is C16H16N4O3. The van der Waals surface area contributed by atoms with E-state index in [-0.39, 0.29) is 24.1 Å². The van der Waals surface area contributed by atoms with Gasteiger partial charge in [-0.3, -0.25) is 4.79 Å². The van der Waals surface area contributed by atoms with E-state index in [1.165, 1.54) is 0 Å². The highest BCUT2D eigenvalue weighted by molar-refractivity contribution is 5.91. The third-order valence-corrected chi connectivity index (χ3v) is 3.24. The molecule has 1 amide bonds. The van der Waals surface area contributed by atoms with Crippen LogP contribution < -0.4 is 5.32 Å². The molecule has 2 aromatic heterocycles. The molecule has 0 saturated heterocycles. The molecule has 3 rings (SSSR count). The number of benzene rings is 1. The maximum absolute atomic E-state index is 12.0. The molecule has 3 aromatic rings. The quantitative estimate of drug-likeness (QED) is 0.778. The Labute approximate surface area is 132 Å². The number of hydrogen-bond donors (Lipinski definition) is 1. The number of carbonyl (C=O) groups excluding carboxylic acids is 1. The molecule has 23 heavy (non-hydrogen) atoms. The molecule has 0 saturated carbocycles. The highest BCUT2D eigenvalue weighted by Crippen LogP contribution is 2.16. The van der Waals surface area contributed by atoms with Crippen molar-refractivity contribution in [3.05, 3.63) is 53.7 Å². The monoisotopic (exact) mass is 312 g/mol. The number of hydrogen-bond acceptors (Lipinski definition) is 6. The molecule has 0 atom stereocenters. The third kappa shape index (κ3) is 3.45. The van der Waals surface area contributed by atoms with E-state index < -0.39 is 0 Å². The van der Waals surface area contributed by atoms with Gasteiger partial charge < -0.3 is 14.4 Å². The number of carbonyl (C=O) groups is 1. The second-order valence-electron chi connectivity index (χ2n) is 5.34. The highest BCUT2D eigenvalue weighted by Gasteiger charge is 2.16. The first kappa shape index (κ1) is 15.0. The Hall–Kier alpha value is -2.96. The smallest absolute Gasteiger partial charge is 0.290 e. The number of amides is 1. The van der Waals surface area contributed by atoms with Crippen LogP contribution in [0.25, 0.3) is 11.5 Å². The van der Waals surface area contributed by atoms with Crippen molar-refractivity contribution in [3.63, 3.8) is 0 Å². The average molecular weight is 312 g/mol. The van der Waals surface area contributed by atoms with Crippen LogP contribution >= 0.6 is 0 Å². The zero-order valence-corrected chi connectivity index (χ0v) is 12.8. The lowest BCUT2D eigenvalue weighted by Crippen LogP contribution is -2.22. The standard InChI is InChI=1S/C16H16N4O3/c1-10(2)12-8-13(22-19-12)15(21)17-9-14-18-16(23-20-14)11-6-4-3-5-7-11/h3-8,10H,9H2,1-2H3,(H,17,21). The zero-order valence-electron chi connectivity index (χ0n) is 12.8. The van der Waals surface area contributed by atoms with E-state index in [9.17, 15) is 4.79 Å². The molecule has 118 valence electrons. The van der Waals surface area contributed by atoms with Gasteiger partial charge in [0.25, 0.3) is 11.8 Å². The largest absolute Gasteiger partial charge is 0.351 e. The maximum atomic E-state index is 12.0. The lowest BCUT2D eigenvalue weighted by Gasteiger charge is -1.97. The predicted octanol–water partition coefficient (Wildman–Crippen LogP) is 2.78. The summed E-state index contributed by atoms with van der Waals surface area (Å²) in [6.07, 6.45) is 0. The van der Waals surface area contributed by atoms with Crippen molar-refractivity contribution in [1.82, 2.24) is 20.6 Å². The van der Waals surface area contributed by atoms with Crippen molar-refractivity contribution < 1.29 is 13.8 Å². The van der Waals surface area contributed by atoms with E-state index >= 15 is 0 Å². The maximum Gasteiger partial charge on any atom is 0.290 e. The SMILES string of the molecule is CC(C)c1cc(C(=O)NCc2noc(-c3ccccc3)n2)on1. The number of nitrogens with one attached hydrogen (secondary N) is 1. The Bertz CT molecular complexity index is 793. The summed E-state index contributed by atoms with van der Waals surface area (Å²) in [6.45, 7) is 4.10. The molecule has 7 nitrogen and oxygen atoms in total. The van der Waals surface area contributed by atoms with Crippen LogP contribution in [-0.4, -0.2) is 21.2 Å². The molecule has 0 aliphatic rings. The summed E-state index contributed by atoms with van der Waals surface area (Å²) in [4.78, 5) is 16.2. The van der Waals surface area contributed by atoms with Crippen LogP contribution in [0.2, 0.25) is 0 Å². The minimum absolute atomic E-state index is 0.146. The first-order valence-corrected chi connectivity index (χ1v) is 7.26. The van der Waals surface area contributed by atoms with Crippen LogP contribution in [0.1, 0.15) is 41.8 Å². The molecule has 0 fully saturated rings. The number of rotatable bonds is 5. The second kappa shape index (κ2) is 6.43. The van der Waals surface area contributed by atoms with Gasteiger partial charge in [0, 0.05) is 11.6 Å². The molecule has 0 unspecified atom stereocenters. The molecule has 1 aromatic carbocycles. The summed E-state index contributed by atoms with van der Waals surface area (Å²) in [6, 6.07) is 11.1. The summed E-state index contributed by atoms with van der Waals surface area (Å²) in [7, 11) is 0. The van der Waals surface area contributed by atoms with E-state index in [1.807, 2.05) is 44.2 Å². The van der Waals surface area contributed by atoms with Crippen molar-refractivity contribution in [2.45, 2.75) is 26.3 Å². The van der Waals surface area contributed by atoms with Gasteiger partial charge in [-0.05, 0) is 18.1 Å². The highest BCUT2D eigenvalue weighted by atomic mass is 16.5. The first-order valence-electron chi connectivity index (χ1n) is 7.26. The first-order chi connectivity index (χ1) is 11.1. The van der Waals surface area contributed by atoms with Gasteiger partial charge in [0.2, 0.25) is 5.76 Å². The topological polar surface area (TPSA) is 94.1 Å². The number of aromatic nitrogens is 3. The summed E-state index contributed by atoms with van der Waals surface area (Å²) < 4.78 is 10.2. The molecule has 2 heterocycles. The van der Waals surface area contributed by atoms with Gasteiger partial charge in [0.1, 0.15) is 0 Å². The van der Waals surface area contributed by atoms with E-state index in [2.05, 4.69) is 20.6 Å². The van der Waals surface area contributed by atoms with E-state index in [0.29, 0.717) is 11.7 Å². The zero-order chi connectivity index (χ0) is 16.2. The molecule has 0 spiro atoms. The van der Waals surface area contributed by atoms with Gasteiger partial charge in [-0.1, -0.05) is 42.4 Å². The van der Waals surface area contributed by atoms with E-state index in [4.69, 9.17) is 9.05 Å². The molecule has 0 bridgehead atoms. The summed E-state index contributed by atoms with van der Waals surface area (Å²) in [5.41, 5.74) is 1.57. The van der Waals surface area contributed by atoms with Gasteiger partial charge in [-0.25, -0.2) is 0 Å². The lowest BCUT2D eigenvalue weighted by molar-refractivity contribution is 0.0912. The molecule has 7 heteroatoms. The van der Waals surface area contributed by atoms with Crippen LogP contribution in [0.3, 0.4) is 0 Å². The van der Waals surface area contributed by atoms with Crippen LogP contribution in [0.5, 0.6) is 0 Å². The fourth-order valence-corrected chi connectivity index (χ4v) is 1.94. The molecule has 1 N–H and O–H groups in total. The minimum Gasteiger partial charge on any atom is -0.351 e. The Balaban J connectivity index is 1.62. The normalized spacial score (nSPS) is 10.9. The van der Waals surface area contributed by atoms with Gasteiger partial charge in [-0.15, -0.1) is 0 Å². The van der Waals surface area contributed by atoms with Crippen LogP contribution in [0.15, 0.2) is 45.4 Å². The average Bonchev–Trinajstić information content (AvgIpc) is 3.23. The predicted molar refractivity (Wildman–Crippen MR) is 81.5 cm³/mol. The van der Waals surface area contributed by atoms with E-state index in [1.54, 1.807) is 6.07 Å².